The predicted octanol–water partition coefficient (Wildman–Crippen LogP) is 5.37. The van der Waals surface area contributed by atoms with Gasteiger partial charge in [-0.05, 0) is 35.1 Å². The fraction of sp³-hybridized carbons (Fsp3) is 0.381. The second-order valence-corrected chi connectivity index (χ2v) is 6.71. The molecule has 0 heterocycles. The summed E-state index contributed by atoms with van der Waals surface area (Å²) in [6.45, 7) is 9.26. The number of hydrogen-bond donors (Lipinski definition) is 2. The third-order valence-corrected chi connectivity index (χ3v) is 4.09. The molecule has 0 saturated carbocycles. The molecule has 24 heavy (non-hydrogen) atoms. The molecule has 3 nitrogen and oxygen atoms in total. The number of rotatable bonds is 7. The maximum Gasteiger partial charge on any atom is 0.226 e. The summed E-state index contributed by atoms with van der Waals surface area (Å²) in [6, 6.07) is 16.2. The van der Waals surface area contributed by atoms with E-state index in [1.165, 1.54) is 11.1 Å². The topological polar surface area (TPSA) is 41.1 Å². The Morgan fingerprint density at radius 3 is 2.00 bits per heavy atom. The molecule has 0 fully saturated rings. The molecule has 2 rings (SSSR count). The van der Waals surface area contributed by atoms with Crippen LogP contribution in [-0.4, -0.2) is 12.5 Å². The second kappa shape index (κ2) is 8.53. The molecule has 128 valence electrons. The summed E-state index contributed by atoms with van der Waals surface area (Å²) in [4.78, 5) is 12.4. The summed E-state index contributed by atoms with van der Waals surface area (Å²) >= 11 is 0. The molecule has 0 saturated heterocycles. The van der Waals surface area contributed by atoms with Crippen molar-refractivity contribution in [3.8, 4) is 0 Å². The first-order valence-corrected chi connectivity index (χ1v) is 8.70. The number of carbonyl (C=O) groups excluding carboxylic acids is 1. The van der Waals surface area contributed by atoms with Gasteiger partial charge >= 0.3 is 0 Å². The van der Waals surface area contributed by atoms with Crippen molar-refractivity contribution in [3.63, 3.8) is 0 Å². The number of benzene rings is 2. The van der Waals surface area contributed by atoms with Crippen LogP contribution in [0.2, 0.25) is 0 Å². The maximum atomic E-state index is 12.4. The smallest absolute Gasteiger partial charge is 0.226 e. The van der Waals surface area contributed by atoms with E-state index in [0.717, 1.165) is 11.4 Å². The molecule has 0 aliphatic carbocycles. The molecule has 0 spiro atoms. The van der Waals surface area contributed by atoms with Crippen LogP contribution in [0.1, 0.15) is 57.1 Å². The highest BCUT2D eigenvalue weighted by atomic mass is 16.1. The van der Waals surface area contributed by atoms with E-state index in [2.05, 4.69) is 56.5 Å². The van der Waals surface area contributed by atoms with Gasteiger partial charge in [0.2, 0.25) is 5.91 Å². The first-order valence-electron chi connectivity index (χ1n) is 8.70. The fourth-order valence-electron chi connectivity index (χ4n) is 2.77. The fourth-order valence-corrected chi connectivity index (χ4v) is 2.77. The highest BCUT2D eigenvalue weighted by molar-refractivity contribution is 5.93. The Kier molecular flexibility index (Phi) is 6.42. The predicted molar refractivity (Wildman–Crippen MR) is 103 cm³/mol. The minimum absolute atomic E-state index is 0.0495. The molecule has 0 bridgehead atoms. The van der Waals surface area contributed by atoms with E-state index in [1.54, 1.807) is 0 Å². The molecular weight excluding hydrogens is 296 g/mol. The molecular formula is C21H28N2O. The van der Waals surface area contributed by atoms with Gasteiger partial charge in [-0.1, -0.05) is 64.1 Å². The van der Waals surface area contributed by atoms with Crippen LogP contribution in [0, 0.1) is 0 Å². The van der Waals surface area contributed by atoms with Gasteiger partial charge in [0.15, 0.2) is 0 Å². The lowest BCUT2D eigenvalue weighted by molar-refractivity contribution is -0.115. The zero-order valence-electron chi connectivity index (χ0n) is 15.1. The molecule has 2 aromatic rings. The van der Waals surface area contributed by atoms with Crippen LogP contribution < -0.4 is 10.6 Å². The zero-order valence-corrected chi connectivity index (χ0v) is 15.1. The van der Waals surface area contributed by atoms with Crippen molar-refractivity contribution in [2.24, 2.45) is 0 Å². The number of hydrogen-bond acceptors (Lipinski definition) is 2. The van der Waals surface area contributed by atoms with Gasteiger partial charge in [0, 0.05) is 24.3 Å². The molecule has 0 aliphatic rings. The number of amides is 1. The van der Waals surface area contributed by atoms with Crippen LogP contribution in [0.5, 0.6) is 0 Å². The third-order valence-electron chi connectivity index (χ3n) is 4.09. The van der Waals surface area contributed by atoms with Gasteiger partial charge in [-0.25, -0.2) is 0 Å². The molecule has 2 aromatic carbocycles. The van der Waals surface area contributed by atoms with Crippen LogP contribution in [0.25, 0.3) is 0 Å². The molecule has 1 amide bonds. The Labute approximate surface area is 145 Å². The Morgan fingerprint density at radius 1 is 0.875 bits per heavy atom. The molecule has 3 heteroatoms. The Morgan fingerprint density at radius 2 is 1.46 bits per heavy atom. The van der Waals surface area contributed by atoms with Crippen molar-refractivity contribution >= 4 is 17.3 Å². The Balaban J connectivity index is 2.02. The van der Waals surface area contributed by atoms with E-state index in [-0.39, 0.29) is 5.91 Å². The minimum atomic E-state index is 0.0495. The first kappa shape index (κ1) is 18.1. The minimum Gasteiger partial charge on any atom is -0.385 e. The summed E-state index contributed by atoms with van der Waals surface area (Å²) < 4.78 is 0. The van der Waals surface area contributed by atoms with Crippen molar-refractivity contribution in [2.75, 3.05) is 17.2 Å². The summed E-state index contributed by atoms with van der Waals surface area (Å²) in [7, 11) is 0. The van der Waals surface area contributed by atoms with Crippen LogP contribution in [0.4, 0.5) is 11.4 Å². The Bertz CT molecular complexity index is 637. The van der Waals surface area contributed by atoms with Gasteiger partial charge in [0.05, 0.1) is 0 Å². The summed E-state index contributed by atoms with van der Waals surface area (Å²) in [5.74, 6) is 0.802. The summed E-state index contributed by atoms with van der Waals surface area (Å²) in [5.41, 5.74) is 4.43. The monoisotopic (exact) mass is 324 g/mol. The lowest BCUT2D eigenvalue weighted by Gasteiger charge is -2.20. The number of nitrogens with one attached hydrogen (secondary N) is 2. The van der Waals surface area contributed by atoms with Crippen molar-refractivity contribution < 1.29 is 4.79 Å². The summed E-state index contributed by atoms with van der Waals surface area (Å²) in [5, 5.41) is 6.42. The van der Waals surface area contributed by atoms with Crippen LogP contribution in [0.3, 0.4) is 0 Å². The van der Waals surface area contributed by atoms with E-state index in [1.807, 2.05) is 30.3 Å². The van der Waals surface area contributed by atoms with Crippen molar-refractivity contribution in [1.29, 1.82) is 0 Å². The van der Waals surface area contributed by atoms with Crippen molar-refractivity contribution in [3.05, 3.63) is 59.7 Å². The maximum absolute atomic E-state index is 12.4. The van der Waals surface area contributed by atoms with Crippen LogP contribution in [0.15, 0.2) is 48.5 Å². The van der Waals surface area contributed by atoms with Gasteiger partial charge in [-0.3, -0.25) is 4.79 Å². The highest BCUT2D eigenvalue weighted by Crippen LogP contribution is 2.32. The van der Waals surface area contributed by atoms with Gasteiger partial charge in [0.25, 0.3) is 0 Å². The van der Waals surface area contributed by atoms with Crippen molar-refractivity contribution in [1.82, 2.24) is 0 Å². The number of para-hydroxylation sites is 2. The average molecular weight is 324 g/mol. The van der Waals surface area contributed by atoms with E-state index in [9.17, 15) is 4.79 Å². The average Bonchev–Trinajstić information content (AvgIpc) is 2.55. The standard InChI is InChI=1S/C21H28N2O/c1-15(2)18-11-8-12-19(16(3)4)21(18)23-20(24)13-14-22-17-9-6-5-7-10-17/h5-12,15-16,22H,13-14H2,1-4H3,(H,23,24). The quantitative estimate of drug-likeness (QED) is 0.718. The van der Waals surface area contributed by atoms with E-state index >= 15 is 0 Å². The van der Waals surface area contributed by atoms with E-state index < -0.39 is 0 Å². The highest BCUT2D eigenvalue weighted by Gasteiger charge is 2.15. The molecule has 0 unspecified atom stereocenters. The van der Waals surface area contributed by atoms with Gasteiger partial charge in [0.1, 0.15) is 0 Å². The van der Waals surface area contributed by atoms with Crippen LogP contribution in [-0.2, 0) is 4.79 Å². The number of anilines is 2. The lowest BCUT2D eigenvalue weighted by Crippen LogP contribution is -2.18. The zero-order chi connectivity index (χ0) is 17.5. The first-order chi connectivity index (χ1) is 11.5. The van der Waals surface area contributed by atoms with E-state index in [0.29, 0.717) is 24.8 Å². The third kappa shape index (κ3) is 4.85. The summed E-state index contributed by atoms with van der Waals surface area (Å²) in [6.07, 6.45) is 0.443. The molecule has 0 aromatic heterocycles. The molecule has 2 N–H and O–H groups in total. The SMILES string of the molecule is CC(C)c1cccc(C(C)C)c1NC(=O)CCNc1ccccc1. The van der Waals surface area contributed by atoms with Crippen LogP contribution >= 0.6 is 0 Å². The number of carbonyl (C=O) groups is 1. The molecule has 0 atom stereocenters. The Hall–Kier alpha value is -2.29. The van der Waals surface area contributed by atoms with Gasteiger partial charge in [-0.15, -0.1) is 0 Å². The normalized spacial score (nSPS) is 10.9. The second-order valence-electron chi connectivity index (χ2n) is 6.71. The molecule has 0 aliphatic heterocycles. The van der Waals surface area contributed by atoms with Gasteiger partial charge < -0.3 is 10.6 Å². The largest absolute Gasteiger partial charge is 0.385 e. The van der Waals surface area contributed by atoms with Gasteiger partial charge in [-0.2, -0.15) is 0 Å². The van der Waals surface area contributed by atoms with Crippen molar-refractivity contribution in [2.45, 2.75) is 46.0 Å². The lowest BCUT2D eigenvalue weighted by atomic mass is 9.92. The van der Waals surface area contributed by atoms with E-state index in [4.69, 9.17) is 0 Å². The molecule has 0 radical (unpaired) electrons.